The molecule has 1 atom stereocenters. The highest BCUT2D eigenvalue weighted by Crippen LogP contribution is 2.33. The predicted octanol–water partition coefficient (Wildman–Crippen LogP) is 4.18. The van der Waals surface area contributed by atoms with Crippen LogP contribution in [-0.4, -0.2) is 25.7 Å². The van der Waals surface area contributed by atoms with Crippen molar-refractivity contribution in [3.05, 3.63) is 65.1 Å². The van der Waals surface area contributed by atoms with Crippen LogP contribution in [-0.2, 0) is 9.53 Å². The van der Waals surface area contributed by atoms with Crippen molar-refractivity contribution in [3.63, 3.8) is 0 Å². The molecular weight excluding hydrogens is 395 g/mol. The van der Waals surface area contributed by atoms with Crippen molar-refractivity contribution in [2.45, 2.75) is 29.7 Å². The van der Waals surface area contributed by atoms with Gasteiger partial charge in [0, 0.05) is 15.5 Å². The third-order valence-corrected chi connectivity index (χ3v) is 5.33. The van der Waals surface area contributed by atoms with Crippen molar-refractivity contribution >= 4 is 23.8 Å². The van der Waals surface area contributed by atoms with Gasteiger partial charge in [0.15, 0.2) is 11.6 Å². The fourth-order valence-corrected chi connectivity index (χ4v) is 3.84. The van der Waals surface area contributed by atoms with Crippen molar-refractivity contribution < 1.29 is 23.5 Å². The number of allylic oxidation sites excluding steroid dienone is 1. The fraction of sp³-hybridized carbons (Fsp3) is 0.238. The van der Waals surface area contributed by atoms with E-state index < -0.39 is 17.8 Å². The predicted molar refractivity (Wildman–Crippen MR) is 107 cm³/mol. The van der Waals surface area contributed by atoms with E-state index in [-0.39, 0.29) is 18.4 Å². The van der Waals surface area contributed by atoms with Gasteiger partial charge in [-0.05, 0) is 49.7 Å². The second-order valence-corrected chi connectivity index (χ2v) is 7.41. The Balaban J connectivity index is 1.82. The van der Waals surface area contributed by atoms with Crippen LogP contribution in [0.1, 0.15) is 25.5 Å². The molecule has 0 aromatic heterocycles. The van der Waals surface area contributed by atoms with E-state index in [4.69, 9.17) is 9.47 Å². The number of nitrogens with one attached hydrogen (secondary N) is 2. The van der Waals surface area contributed by atoms with E-state index in [1.165, 1.54) is 24.9 Å². The molecule has 0 bridgehead atoms. The summed E-state index contributed by atoms with van der Waals surface area (Å²) in [5, 5.41) is 5.37. The van der Waals surface area contributed by atoms with Crippen molar-refractivity contribution in [3.8, 4) is 5.75 Å². The lowest BCUT2D eigenvalue weighted by Crippen LogP contribution is -2.45. The molecule has 3 rings (SSSR count). The summed E-state index contributed by atoms with van der Waals surface area (Å²) in [5.41, 5.74) is 1.57. The summed E-state index contributed by atoms with van der Waals surface area (Å²) in [4.78, 5) is 25.9. The number of urea groups is 1. The third kappa shape index (κ3) is 4.71. The molecule has 2 amide bonds. The Morgan fingerprint density at radius 3 is 2.48 bits per heavy atom. The van der Waals surface area contributed by atoms with E-state index >= 15 is 0 Å². The van der Waals surface area contributed by atoms with Gasteiger partial charge < -0.3 is 20.1 Å². The molecule has 1 aliphatic heterocycles. The highest BCUT2D eigenvalue weighted by molar-refractivity contribution is 7.99. The third-order valence-electron chi connectivity index (χ3n) is 4.34. The topological polar surface area (TPSA) is 76.7 Å². The van der Waals surface area contributed by atoms with Crippen molar-refractivity contribution in [2.75, 3.05) is 13.7 Å². The van der Waals surface area contributed by atoms with Gasteiger partial charge in [-0.15, -0.1) is 0 Å². The molecule has 0 fully saturated rings. The summed E-state index contributed by atoms with van der Waals surface area (Å²) < 4.78 is 23.9. The van der Waals surface area contributed by atoms with E-state index in [9.17, 15) is 14.0 Å². The van der Waals surface area contributed by atoms with E-state index in [1.807, 2.05) is 24.3 Å². The maximum Gasteiger partial charge on any atom is 0.338 e. The Labute approximate surface area is 172 Å². The average Bonchev–Trinajstić information content (AvgIpc) is 2.68. The number of benzene rings is 2. The van der Waals surface area contributed by atoms with Crippen LogP contribution in [0.2, 0.25) is 0 Å². The zero-order chi connectivity index (χ0) is 21.0. The number of rotatable bonds is 6. The Bertz CT molecular complexity index is 960. The molecule has 2 aromatic rings. The van der Waals surface area contributed by atoms with Crippen LogP contribution >= 0.6 is 11.8 Å². The molecular formula is C21H21FN2O4S. The maximum atomic E-state index is 13.9. The Kier molecular flexibility index (Phi) is 6.43. The van der Waals surface area contributed by atoms with Crippen LogP contribution in [0, 0.1) is 5.82 Å². The van der Waals surface area contributed by atoms with Crippen molar-refractivity contribution in [1.29, 1.82) is 0 Å². The van der Waals surface area contributed by atoms with Gasteiger partial charge in [-0.25, -0.2) is 14.0 Å². The van der Waals surface area contributed by atoms with Crippen molar-refractivity contribution in [2.24, 2.45) is 0 Å². The monoisotopic (exact) mass is 416 g/mol. The second kappa shape index (κ2) is 9.00. The first-order valence-corrected chi connectivity index (χ1v) is 9.81. The Morgan fingerprint density at radius 1 is 1.17 bits per heavy atom. The molecule has 2 N–H and O–H groups in total. The number of hydrogen-bond donors (Lipinski definition) is 2. The van der Waals surface area contributed by atoms with E-state index in [1.54, 1.807) is 26.0 Å². The summed E-state index contributed by atoms with van der Waals surface area (Å²) in [7, 11) is 1.42. The summed E-state index contributed by atoms with van der Waals surface area (Å²) in [6.07, 6.45) is 0. The molecule has 1 aliphatic rings. The van der Waals surface area contributed by atoms with E-state index in [0.29, 0.717) is 11.3 Å². The first-order chi connectivity index (χ1) is 13.9. The molecule has 0 radical (unpaired) electrons. The number of esters is 1. The van der Waals surface area contributed by atoms with Crippen LogP contribution < -0.4 is 15.4 Å². The molecule has 29 heavy (non-hydrogen) atoms. The summed E-state index contributed by atoms with van der Waals surface area (Å²) in [6, 6.07) is 11.1. The second-order valence-electron chi connectivity index (χ2n) is 6.26. The SMILES string of the molecule is CCOC(=O)C1=C(C)NC(=O)N[C@@H]1c1ccc(Sc2ccc(OC)c(F)c2)cc1. The lowest BCUT2D eigenvalue weighted by atomic mass is 9.96. The van der Waals surface area contributed by atoms with Crippen molar-refractivity contribution in [1.82, 2.24) is 10.6 Å². The molecule has 0 aliphatic carbocycles. The highest BCUT2D eigenvalue weighted by atomic mass is 32.2. The van der Waals surface area contributed by atoms with Gasteiger partial charge in [0.25, 0.3) is 0 Å². The largest absolute Gasteiger partial charge is 0.494 e. The number of carbonyl (C=O) groups excluding carboxylic acids is 2. The molecule has 1 heterocycles. The normalized spacial score (nSPS) is 16.1. The minimum absolute atomic E-state index is 0.194. The summed E-state index contributed by atoms with van der Waals surface area (Å²) in [5.74, 6) is -0.708. The summed E-state index contributed by atoms with van der Waals surface area (Å²) in [6.45, 7) is 3.64. The lowest BCUT2D eigenvalue weighted by Gasteiger charge is -2.28. The van der Waals surface area contributed by atoms with Gasteiger partial charge in [-0.3, -0.25) is 0 Å². The van der Waals surface area contributed by atoms with E-state index in [2.05, 4.69) is 10.6 Å². The molecule has 0 spiro atoms. The minimum Gasteiger partial charge on any atom is -0.494 e. The van der Waals surface area contributed by atoms with Crippen LogP contribution in [0.3, 0.4) is 0 Å². The minimum atomic E-state index is -0.611. The number of methoxy groups -OCH3 is 1. The van der Waals surface area contributed by atoms with Gasteiger partial charge in [-0.2, -0.15) is 0 Å². The number of carbonyl (C=O) groups is 2. The molecule has 0 unspecified atom stereocenters. The Hall–Kier alpha value is -3.00. The number of halogens is 1. The zero-order valence-electron chi connectivity index (χ0n) is 16.2. The molecule has 2 aromatic carbocycles. The van der Waals surface area contributed by atoms with Crippen LogP contribution in [0.5, 0.6) is 5.75 Å². The molecule has 152 valence electrons. The number of amides is 2. The first-order valence-electron chi connectivity index (χ1n) is 8.99. The number of ether oxygens (including phenoxy) is 2. The molecule has 6 nitrogen and oxygen atoms in total. The highest BCUT2D eigenvalue weighted by Gasteiger charge is 2.32. The van der Waals surface area contributed by atoms with Gasteiger partial charge in [0.05, 0.1) is 25.3 Å². The van der Waals surface area contributed by atoms with Gasteiger partial charge in [-0.1, -0.05) is 23.9 Å². The molecule has 0 saturated carbocycles. The molecule has 8 heteroatoms. The van der Waals surface area contributed by atoms with Gasteiger partial charge >= 0.3 is 12.0 Å². The first kappa shape index (κ1) is 20.7. The van der Waals surface area contributed by atoms with Crippen LogP contribution in [0.4, 0.5) is 9.18 Å². The fourth-order valence-electron chi connectivity index (χ4n) is 3.00. The zero-order valence-corrected chi connectivity index (χ0v) is 17.1. The smallest absolute Gasteiger partial charge is 0.338 e. The van der Waals surface area contributed by atoms with Gasteiger partial charge in [0.1, 0.15) is 0 Å². The summed E-state index contributed by atoms with van der Waals surface area (Å²) >= 11 is 1.39. The quantitative estimate of drug-likeness (QED) is 0.691. The number of hydrogen-bond acceptors (Lipinski definition) is 5. The maximum absolute atomic E-state index is 13.9. The Morgan fingerprint density at radius 2 is 1.86 bits per heavy atom. The van der Waals surface area contributed by atoms with Gasteiger partial charge in [0.2, 0.25) is 0 Å². The lowest BCUT2D eigenvalue weighted by molar-refractivity contribution is -0.139. The van der Waals surface area contributed by atoms with Crippen LogP contribution in [0.25, 0.3) is 0 Å². The standard InChI is InChI=1S/C21H21FN2O4S/c1-4-28-20(25)18-12(2)23-21(26)24-19(18)13-5-7-14(8-6-13)29-15-9-10-17(27-3)16(22)11-15/h5-11,19H,4H2,1-3H3,(H2,23,24,26)/t19-/m1/s1. The molecule has 0 saturated heterocycles. The van der Waals surface area contributed by atoms with E-state index in [0.717, 1.165) is 15.4 Å². The van der Waals surface area contributed by atoms with Crippen LogP contribution in [0.15, 0.2) is 63.5 Å². The average molecular weight is 416 g/mol.